The van der Waals surface area contributed by atoms with Crippen molar-refractivity contribution >= 4 is 6.01 Å². The lowest BCUT2D eigenvalue weighted by atomic mass is 10.1. The maximum Gasteiger partial charge on any atom is 0.318 e. The molecule has 1 aliphatic rings. The first kappa shape index (κ1) is 13.3. The molecule has 1 aromatic heterocycles. The first-order valence-corrected chi connectivity index (χ1v) is 6.66. The van der Waals surface area contributed by atoms with Crippen LogP contribution >= 0.6 is 0 Å². The zero-order chi connectivity index (χ0) is 13.0. The highest BCUT2D eigenvalue weighted by Crippen LogP contribution is 2.21. The Morgan fingerprint density at radius 3 is 3.06 bits per heavy atom. The van der Waals surface area contributed by atoms with Crippen LogP contribution in [0.5, 0.6) is 0 Å². The first-order chi connectivity index (χ1) is 8.70. The topological polar surface area (TPSA) is 77.4 Å². The zero-order valence-electron chi connectivity index (χ0n) is 11.1. The lowest BCUT2D eigenvalue weighted by Gasteiger charge is -2.31. The Morgan fingerprint density at radius 2 is 2.39 bits per heavy atom. The number of aromatic nitrogens is 2. The van der Waals surface area contributed by atoms with Crippen LogP contribution in [0.4, 0.5) is 6.01 Å². The monoisotopic (exact) mass is 254 g/mol. The number of ether oxygens (including phenoxy) is 1. The summed E-state index contributed by atoms with van der Waals surface area (Å²) in [5.74, 6) is 0.488. The van der Waals surface area contributed by atoms with E-state index in [1.165, 1.54) is 0 Å². The highest BCUT2D eigenvalue weighted by atomic mass is 16.5. The van der Waals surface area contributed by atoms with Gasteiger partial charge in [-0.2, -0.15) is 0 Å². The fourth-order valence-electron chi connectivity index (χ4n) is 2.07. The highest BCUT2D eigenvalue weighted by Gasteiger charge is 2.24. The molecule has 0 bridgehead atoms. The fraction of sp³-hybridized carbons (Fsp3) is 0.833. The molecule has 2 unspecified atom stereocenters. The molecule has 6 heteroatoms. The molecule has 1 aromatic rings. The average Bonchev–Trinajstić information content (AvgIpc) is 2.86. The summed E-state index contributed by atoms with van der Waals surface area (Å²) in [5, 5.41) is 8.00. The Bertz CT molecular complexity index is 367. The molecule has 1 aliphatic heterocycles. The molecule has 1 saturated heterocycles. The van der Waals surface area contributed by atoms with Crippen LogP contribution in [-0.2, 0) is 4.74 Å². The second-order valence-electron chi connectivity index (χ2n) is 4.79. The van der Waals surface area contributed by atoms with Crippen molar-refractivity contribution in [2.75, 3.05) is 24.6 Å². The van der Waals surface area contributed by atoms with Gasteiger partial charge in [-0.25, -0.2) is 0 Å². The van der Waals surface area contributed by atoms with Gasteiger partial charge < -0.3 is 19.8 Å². The SMILES string of the molecule is CCCOC1CCCN(c2nnc(C(C)N)o2)C1. The fourth-order valence-corrected chi connectivity index (χ4v) is 2.07. The van der Waals surface area contributed by atoms with Crippen molar-refractivity contribution in [3.63, 3.8) is 0 Å². The van der Waals surface area contributed by atoms with Crippen LogP contribution in [0.1, 0.15) is 45.0 Å². The van der Waals surface area contributed by atoms with Crippen molar-refractivity contribution in [3.8, 4) is 0 Å². The van der Waals surface area contributed by atoms with Crippen molar-refractivity contribution in [3.05, 3.63) is 5.89 Å². The molecule has 0 amide bonds. The quantitative estimate of drug-likeness (QED) is 0.857. The van der Waals surface area contributed by atoms with Crippen LogP contribution in [0.3, 0.4) is 0 Å². The van der Waals surface area contributed by atoms with Gasteiger partial charge in [0.15, 0.2) is 0 Å². The van der Waals surface area contributed by atoms with E-state index in [-0.39, 0.29) is 12.1 Å². The van der Waals surface area contributed by atoms with Crippen molar-refractivity contribution in [1.29, 1.82) is 0 Å². The lowest BCUT2D eigenvalue weighted by molar-refractivity contribution is 0.0430. The molecular formula is C12H22N4O2. The summed E-state index contributed by atoms with van der Waals surface area (Å²) < 4.78 is 11.3. The summed E-state index contributed by atoms with van der Waals surface area (Å²) in [6.07, 6.45) is 3.50. The highest BCUT2D eigenvalue weighted by molar-refractivity contribution is 5.25. The molecule has 2 heterocycles. The van der Waals surface area contributed by atoms with Gasteiger partial charge in [0.1, 0.15) is 0 Å². The van der Waals surface area contributed by atoms with Gasteiger partial charge in [-0.3, -0.25) is 0 Å². The minimum absolute atomic E-state index is 0.219. The maximum atomic E-state index is 5.78. The predicted octanol–water partition coefficient (Wildman–Crippen LogP) is 1.48. The second kappa shape index (κ2) is 6.15. The van der Waals surface area contributed by atoms with E-state index in [0.29, 0.717) is 11.9 Å². The van der Waals surface area contributed by atoms with Gasteiger partial charge in [-0.05, 0) is 26.2 Å². The summed E-state index contributed by atoms with van der Waals surface area (Å²) in [6, 6.07) is 0.343. The Balaban J connectivity index is 1.94. The molecule has 18 heavy (non-hydrogen) atoms. The molecule has 0 radical (unpaired) electrons. The molecule has 2 atom stereocenters. The van der Waals surface area contributed by atoms with E-state index in [1.54, 1.807) is 0 Å². The van der Waals surface area contributed by atoms with Gasteiger partial charge in [0, 0.05) is 19.7 Å². The minimum atomic E-state index is -0.219. The minimum Gasteiger partial charge on any atom is -0.406 e. The van der Waals surface area contributed by atoms with Gasteiger partial charge in [0.2, 0.25) is 5.89 Å². The van der Waals surface area contributed by atoms with Gasteiger partial charge in [0.25, 0.3) is 0 Å². The molecule has 102 valence electrons. The van der Waals surface area contributed by atoms with Crippen LogP contribution in [0, 0.1) is 0 Å². The van der Waals surface area contributed by atoms with Gasteiger partial charge in [-0.15, -0.1) is 5.10 Å². The summed E-state index contributed by atoms with van der Waals surface area (Å²) in [4.78, 5) is 2.09. The van der Waals surface area contributed by atoms with Crippen molar-refractivity contribution in [2.45, 2.75) is 45.3 Å². The van der Waals surface area contributed by atoms with E-state index in [1.807, 2.05) is 6.92 Å². The number of anilines is 1. The van der Waals surface area contributed by atoms with E-state index in [2.05, 4.69) is 22.0 Å². The average molecular weight is 254 g/mol. The molecule has 0 saturated carbocycles. The van der Waals surface area contributed by atoms with Crippen LogP contribution in [-0.4, -0.2) is 36.0 Å². The van der Waals surface area contributed by atoms with Crippen molar-refractivity contribution < 1.29 is 9.15 Å². The number of hydrogen-bond donors (Lipinski definition) is 1. The Morgan fingerprint density at radius 1 is 1.56 bits per heavy atom. The number of nitrogens with two attached hydrogens (primary N) is 1. The Hall–Kier alpha value is -1.14. The molecule has 2 rings (SSSR count). The third kappa shape index (κ3) is 3.20. The summed E-state index contributed by atoms with van der Waals surface area (Å²) in [7, 11) is 0. The number of nitrogens with zero attached hydrogens (tertiary/aromatic N) is 3. The standard InChI is InChI=1S/C12H22N4O2/c1-3-7-17-10-5-4-6-16(8-10)12-15-14-11(18-12)9(2)13/h9-10H,3-8,13H2,1-2H3. The predicted molar refractivity (Wildman–Crippen MR) is 68.4 cm³/mol. The van der Waals surface area contributed by atoms with E-state index in [9.17, 15) is 0 Å². The van der Waals surface area contributed by atoms with E-state index < -0.39 is 0 Å². The third-order valence-electron chi connectivity index (χ3n) is 3.03. The lowest BCUT2D eigenvalue weighted by Crippen LogP contribution is -2.40. The van der Waals surface area contributed by atoms with E-state index >= 15 is 0 Å². The van der Waals surface area contributed by atoms with Gasteiger partial charge in [0.05, 0.1) is 12.1 Å². The van der Waals surface area contributed by atoms with Crippen molar-refractivity contribution in [1.82, 2.24) is 10.2 Å². The van der Waals surface area contributed by atoms with Crippen LogP contribution < -0.4 is 10.6 Å². The summed E-state index contributed by atoms with van der Waals surface area (Å²) in [5.41, 5.74) is 5.71. The normalized spacial score (nSPS) is 22.2. The number of hydrogen-bond acceptors (Lipinski definition) is 6. The molecule has 0 spiro atoms. The maximum absolute atomic E-state index is 5.78. The molecular weight excluding hydrogens is 232 g/mol. The van der Waals surface area contributed by atoms with Gasteiger partial charge >= 0.3 is 6.01 Å². The van der Waals surface area contributed by atoms with Crippen LogP contribution in [0.15, 0.2) is 4.42 Å². The Labute approximate surface area is 107 Å². The first-order valence-electron chi connectivity index (χ1n) is 6.66. The number of piperidine rings is 1. The molecule has 1 fully saturated rings. The van der Waals surface area contributed by atoms with Crippen LogP contribution in [0.2, 0.25) is 0 Å². The molecule has 0 aliphatic carbocycles. The number of rotatable bonds is 5. The van der Waals surface area contributed by atoms with Crippen LogP contribution in [0.25, 0.3) is 0 Å². The molecule has 2 N–H and O–H groups in total. The zero-order valence-corrected chi connectivity index (χ0v) is 11.1. The largest absolute Gasteiger partial charge is 0.406 e. The van der Waals surface area contributed by atoms with Crippen molar-refractivity contribution in [2.24, 2.45) is 5.73 Å². The third-order valence-corrected chi connectivity index (χ3v) is 3.03. The van der Waals surface area contributed by atoms with Gasteiger partial charge in [-0.1, -0.05) is 12.0 Å². The van der Waals surface area contributed by atoms with E-state index in [0.717, 1.165) is 39.0 Å². The molecule has 0 aromatic carbocycles. The molecule has 6 nitrogen and oxygen atoms in total. The smallest absolute Gasteiger partial charge is 0.318 e. The second-order valence-corrected chi connectivity index (χ2v) is 4.79. The van der Waals surface area contributed by atoms with E-state index in [4.69, 9.17) is 14.9 Å². The summed E-state index contributed by atoms with van der Waals surface area (Å²) in [6.45, 7) is 6.52. The Kier molecular flexibility index (Phi) is 4.54. The summed E-state index contributed by atoms with van der Waals surface area (Å²) >= 11 is 0.